The van der Waals surface area contributed by atoms with Gasteiger partial charge in [-0.1, -0.05) is 6.07 Å². The molecule has 2 amide bonds. The highest BCUT2D eigenvalue weighted by atomic mass is 16.2. The number of carbonyl (C=O) groups excluding carboxylic acids is 1. The van der Waals surface area contributed by atoms with E-state index in [1.54, 1.807) is 0 Å². The molecule has 3 nitrogen and oxygen atoms in total. The third-order valence-electron chi connectivity index (χ3n) is 6.27. The lowest BCUT2D eigenvalue weighted by molar-refractivity contribution is -0.0496. The van der Waals surface area contributed by atoms with E-state index in [-0.39, 0.29) is 6.03 Å². The number of rotatable bonds is 3. The van der Waals surface area contributed by atoms with Crippen LogP contribution in [0.5, 0.6) is 0 Å². The Hall–Kier alpha value is -1.51. The van der Waals surface area contributed by atoms with E-state index < -0.39 is 0 Å². The lowest BCUT2D eigenvalue weighted by Gasteiger charge is -2.56. The van der Waals surface area contributed by atoms with Gasteiger partial charge in [-0.25, -0.2) is 4.79 Å². The molecule has 4 fully saturated rings. The molecular weight excluding hydrogens is 284 g/mol. The minimum absolute atomic E-state index is 0.0502. The zero-order valence-corrected chi connectivity index (χ0v) is 14.3. The van der Waals surface area contributed by atoms with Gasteiger partial charge in [0.2, 0.25) is 0 Å². The summed E-state index contributed by atoms with van der Waals surface area (Å²) in [5.74, 6) is 2.81. The summed E-state index contributed by atoms with van der Waals surface area (Å²) in [7, 11) is 0. The average molecular weight is 312 g/mol. The van der Waals surface area contributed by atoms with Gasteiger partial charge in [0.1, 0.15) is 0 Å². The molecule has 2 N–H and O–H groups in total. The molecule has 0 spiro atoms. The number of urea groups is 1. The van der Waals surface area contributed by atoms with Gasteiger partial charge in [0.25, 0.3) is 0 Å². The summed E-state index contributed by atoms with van der Waals surface area (Å²) in [6.07, 6.45) is 8.37. The van der Waals surface area contributed by atoms with Gasteiger partial charge in [0.05, 0.1) is 0 Å². The van der Waals surface area contributed by atoms with Crippen molar-refractivity contribution in [2.24, 2.45) is 23.2 Å². The number of amides is 2. The molecule has 0 saturated heterocycles. The summed E-state index contributed by atoms with van der Waals surface area (Å²) in [6.45, 7) is 4.98. The Kier molecular flexibility index (Phi) is 3.62. The lowest BCUT2D eigenvalue weighted by Crippen LogP contribution is -2.51. The van der Waals surface area contributed by atoms with Crippen molar-refractivity contribution in [1.82, 2.24) is 5.32 Å². The number of benzene rings is 1. The molecule has 0 atom stereocenters. The molecule has 4 aliphatic carbocycles. The van der Waals surface area contributed by atoms with E-state index in [2.05, 4.69) is 30.5 Å². The highest BCUT2D eigenvalue weighted by molar-refractivity contribution is 5.89. The Morgan fingerprint density at radius 3 is 2.04 bits per heavy atom. The van der Waals surface area contributed by atoms with Gasteiger partial charge in [-0.3, -0.25) is 0 Å². The van der Waals surface area contributed by atoms with E-state index in [1.807, 2.05) is 12.1 Å². The van der Waals surface area contributed by atoms with Gasteiger partial charge in [0.15, 0.2) is 0 Å². The summed E-state index contributed by atoms with van der Waals surface area (Å²) in [5.41, 5.74) is 3.66. The Labute approximate surface area is 139 Å². The van der Waals surface area contributed by atoms with Crippen molar-refractivity contribution in [3.8, 4) is 0 Å². The molecule has 0 radical (unpaired) electrons. The van der Waals surface area contributed by atoms with Crippen molar-refractivity contribution in [3.63, 3.8) is 0 Å². The van der Waals surface area contributed by atoms with Gasteiger partial charge in [-0.2, -0.15) is 0 Å². The van der Waals surface area contributed by atoms with Crippen LogP contribution in [-0.4, -0.2) is 12.6 Å². The Balaban J connectivity index is 1.36. The average Bonchev–Trinajstić information content (AvgIpc) is 2.42. The second kappa shape index (κ2) is 5.54. The molecule has 1 aromatic carbocycles. The Morgan fingerprint density at radius 2 is 1.52 bits per heavy atom. The number of nitrogens with one attached hydrogen (secondary N) is 2. The molecule has 0 heterocycles. The first-order chi connectivity index (χ1) is 11.0. The molecule has 4 aliphatic rings. The highest BCUT2D eigenvalue weighted by Gasteiger charge is 2.50. The zero-order chi connectivity index (χ0) is 16.0. The van der Waals surface area contributed by atoms with Crippen LogP contribution < -0.4 is 10.6 Å². The maximum atomic E-state index is 12.3. The minimum Gasteiger partial charge on any atom is -0.337 e. The number of hydrogen-bond donors (Lipinski definition) is 2. The SMILES string of the molecule is Cc1cc(C)cc(NC(=O)NCC23CC4CC(CC(C4)C2)C3)c1. The van der Waals surface area contributed by atoms with Crippen molar-refractivity contribution < 1.29 is 4.79 Å². The van der Waals surface area contributed by atoms with Gasteiger partial charge in [-0.05, 0) is 98.8 Å². The van der Waals surface area contributed by atoms with Crippen molar-refractivity contribution in [1.29, 1.82) is 0 Å². The molecule has 1 aromatic rings. The molecule has 0 aromatic heterocycles. The van der Waals surface area contributed by atoms with Crippen LogP contribution in [-0.2, 0) is 0 Å². The predicted molar refractivity (Wildman–Crippen MR) is 93.5 cm³/mol. The van der Waals surface area contributed by atoms with Crippen molar-refractivity contribution in [2.45, 2.75) is 52.4 Å². The van der Waals surface area contributed by atoms with Crippen LogP contribution in [0.4, 0.5) is 10.5 Å². The molecule has 4 saturated carbocycles. The summed E-state index contributed by atoms with van der Waals surface area (Å²) in [4.78, 5) is 12.3. The van der Waals surface area contributed by atoms with Crippen LogP contribution in [0.15, 0.2) is 18.2 Å². The Morgan fingerprint density at radius 1 is 1.00 bits per heavy atom. The van der Waals surface area contributed by atoms with Crippen LogP contribution in [0.3, 0.4) is 0 Å². The highest BCUT2D eigenvalue weighted by Crippen LogP contribution is 2.59. The third kappa shape index (κ3) is 3.11. The molecule has 23 heavy (non-hydrogen) atoms. The summed E-state index contributed by atoms with van der Waals surface area (Å²) >= 11 is 0. The van der Waals surface area contributed by atoms with E-state index >= 15 is 0 Å². The van der Waals surface area contributed by atoms with Crippen LogP contribution in [0, 0.1) is 37.0 Å². The van der Waals surface area contributed by atoms with E-state index in [1.165, 1.54) is 49.7 Å². The number of aryl methyl sites for hydroxylation is 2. The van der Waals surface area contributed by atoms with Crippen LogP contribution in [0.2, 0.25) is 0 Å². The topological polar surface area (TPSA) is 41.1 Å². The van der Waals surface area contributed by atoms with Gasteiger partial charge < -0.3 is 10.6 Å². The second-order valence-corrected chi connectivity index (χ2v) is 8.60. The first-order valence-corrected chi connectivity index (χ1v) is 9.13. The van der Waals surface area contributed by atoms with E-state index in [9.17, 15) is 4.79 Å². The largest absolute Gasteiger partial charge is 0.337 e. The van der Waals surface area contributed by atoms with Crippen LogP contribution >= 0.6 is 0 Å². The second-order valence-electron chi connectivity index (χ2n) is 8.60. The first-order valence-electron chi connectivity index (χ1n) is 9.13. The summed E-state index contributed by atoms with van der Waals surface area (Å²) in [5, 5.41) is 6.18. The standard InChI is InChI=1S/C20H28N2O/c1-13-3-14(2)5-18(4-13)22-19(23)21-12-20-9-15-6-16(10-20)8-17(7-15)11-20/h3-5,15-17H,6-12H2,1-2H3,(H2,21,22,23). The van der Waals surface area contributed by atoms with E-state index in [0.717, 1.165) is 30.0 Å². The molecule has 124 valence electrons. The summed E-state index contributed by atoms with van der Waals surface area (Å²) < 4.78 is 0. The first kappa shape index (κ1) is 15.0. The van der Waals surface area contributed by atoms with Crippen molar-refractivity contribution >= 4 is 11.7 Å². The molecule has 4 bridgehead atoms. The molecule has 0 aliphatic heterocycles. The summed E-state index contributed by atoms with van der Waals surface area (Å²) in [6, 6.07) is 6.12. The van der Waals surface area contributed by atoms with Gasteiger partial charge in [-0.15, -0.1) is 0 Å². The maximum Gasteiger partial charge on any atom is 0.319 e. The number of anilines is 1. The Bertz CT molecular complexity index is 567. The van der Waals surface area contributed by atoms with E-state index in [0.29, 0.717) is 5.41 Å². The monoisotopic (exact) mass is 312 g/mol. The fourth-order valence-corrected chi connectivity index (χ4v) is 6.00. The van der Waals surface area contributed by atoms with Crippen LogP contribution in [0.1, 0.15) is 49.7 Å². The van der Waals surface area contributed by atoms with Gasteiger partial charge in [0, 0.05) is 12.2 Å². The van der Waals surface area contributed by atoms with E-state index in [4.69, 9.17) is 0 Å². The van der Waals surface area contributed by atoms with Crippen molar-refractivity contribution in [3.05, 3.63) is 29.3 Å². The normalized spacial score (nSPS) is 34.4. The fraction of sp³-hybridized carbons (Fsp3) is 0.650. The van der Waals surface area contributed by atoms with Crippen molar-refractivity contribution in [2.75, 3.05) is 11.9 Å². The van der Waals surface area contributed by atoms with Gasteiger partial charge >= 0.3 is 6.03 Å². The number of hydrogen-bond acceptors (Lipinski definition) is 1. The van der Waals surface area contributed by atoms with Crippen LogP contribution in [0.25, 0.3) is 0 Å². The fourth-order valence-electron chi connectivity index (χ4n) is 6.00. The molecule has 5 rings (SSSR count). The third-order valence-corrected chi connectivity index (χ3v) is 6.27. The molecular formula is C20H28N2O. The maximum absolute atomic E-state index is 12.3. The lowest BCUT2D eigenvalue weighted by atomic mass is 9.49. The number of carbonyl (C=O) groups is 1. The quantitative estimate of drug-likeness (QED) is 0.838. The predicted octanol–water partition coefficient (Wildman–Crippen LogP) is 4.64. The molecule has 3 heteroatoms. The minimum atomic E-state index is -0.0502. The zero-order valence-electron chi connectivity index (χ0n) is 14.3. The smallest absolute Gasteiger partial charge is 0.319 e. The molecule has 0 unspecified atom stereocenters.